The summed E-state index contributed by atoms with van der Waals surface area (Å²) in [7, 11) is -3.65. The molecule has 0 aliphatic carbocycles. The van der Waals surface area contributed by atoms with E-state index in [0.717, 1.165) is 5.56 Å². The standard InChI is InChI=1S/C16H21N3O4S/c1-4-14(20)17-13(10-12-8-6-5-7-9-12)15-18-19-16(23-15)24(21,22)11(2)3/h5-9,11,13H,4,10H2,1-3H3,(H,17,20)/t13-/m0/s1. The summed E-state index contributed by atoms with van der Waals surface area (Å²) in [6.07, 6.45) is 0.729. The first-order valence-corrected chi connectivity index (χ1v) is 9.29. The van der Waals surface area contributed by atoms with E-state index in [2.05, 4.69) is 15.5 Å². The van der Waals surface area contributed by atoms with E-state index in [1.54, 1.807) is 20.8 Å². The highest BCUT2D eigenvalue weighted by atomic mass is 32.2. The van der Waals surface area contributed by atoms with Crippen molar-refractivity contribution >= 4 is 15.7 Å². The van der Waals surface area contributed by atoms with Gasteiger partial charge in [-0.15, -0.1) is 5.10 Å². The fourth-order valence-electron chi connectivity index (χ4n) is 2.02. The molecule has 1 amide bonds. The molecule has 0 radical (unpaired) electrons. The Morgan fingerprint density at radius 3 is 2.46 bits per heavy atom. The lowest BCUT2D eigenvalue weighted by molar-refractivity contribution is -0.121. The third-order valence-electron chi connectivity index (χ3n) is 3.52. The SMILES string of the molecule is CCC(=O)N[C@@H](Cc1ccccc1)c1nnc(S(=O)(=O)C(C)C)o1. The van der Waals surface area contributed by atoms with Crippen molar-refractivity contribution in [3.05, 3.63) is 41.8 Å². The Hall–Kier alpha value is -2.22. The lowest BCUT2D eigenvalue weighted by Gasteiger charge is -2.14. The Balaban J connectivity index is 2.30. The van der Waals surface area contributed by atoms with E-state index in [4.69, 9.17) is 4.42 Å². The molecule has 2 rings (SSSR count). The third-order valence-corrected chi connectivity index (χ3v) is 5.42. The normalized spacial score (nSPS) is 13.0. The molecule has 0 bridgehead atoms. The zero-order chi connectivity index (χ0) is 17.7. The van der Waals surface area contributed by atoms with Crippen LogP contribution in [0.1, 0.15) is 44.7 Å². The van der Waals surface area contributed by atoms with Crippen LogP contribution < -0.4 is 5.32 Å². The van der Waals surface area contributed by atoms with Crippen LogP contribution in [0.2, 0.25) is 0 Å². The van der Waals surface area contributed by atoms with Crippen molar-refractivity contribution in [3.63, 3.8) is 0 Å². The minimum atomic E-state index is -3.65. The summed E-state index contributed by atoms with van der Waals surface area (Å²) in [6, 6.07) is 8.90. The topological polar surface area (TPSA) is 102 Å². The van der Waals surface area contributed by atoms with E-state index in [0.29, 0.717) is 12.8 Å². The number of aromatic nitrogens is 2. The smallest absolute Gasteiger partial charge is 0.335 e. The highest BCUT2D eigenvalue weighted by Gasteiger charge is 2.29. The number of nitrogens with zero attached hydrogens (tertiary/aromatic N) is 2. The summed E-state index contributed by atoms with van der Waals surface area (Å²) in [5.41, 5.74) is 0.963. The lowest BCUT2D eigenvalue weighted by Crippen LogP contribution is -2.29. The van der Waals surface area contributed by atoms with Crippen molar-refractivity contribution in [2.24, 2.45) is 0 Å². The van der Waals surface area contributed by atoms with Crippen molar-refractivity contribution in [1.82, 2.24) is 15.5 Å². The third kappa shape index (κ3) is 4.19. The van der Waals surface area contributed by atoms with E-state index >= 15 is 0 Å². The summed E-state index contributed by atoms with van der Waals surface area (Å²) in [6.45, 7) is 4.82. The van der Waals surface area contributed by atoms with Gasteiger partial charge in [0.2, 0.25) is 21.6 Å². The van der Waals surface area contributed by atoms with Crippen molar-refractivity contribution in [2.45, 2.75) is 50.1 Å². The van der Waals surface area contributed by atoms with Crippen LogP contribution in [0.15, 0.2) is 40.0 Å². The maximum Gasteiger partial charge on any atom is 0.335 e. The molecule has 24 heavy (non-hydrogen) atoms. The van der Waals surface area contributed by atoms with Gasteiger partial charge in [0, 0.05) is 12.8 Å². The van der Waals surface area contributed by atoms with Gasteiger partial charge in [0.1, 0.15) is 6.04 Å². The number of rotatable bonds is 7. The molecule has 0 fully saturated rings. The molecule has 130 valence electrons. The zero-order valence-corrected chi connectivity index (χ0v) is 14.7. The molecular formula is C16H21N3O4S. The molecule has 0 aliphatic rings. The zero-order valence-electron chi connectivity index (χ0n) is 13.9. The van der Waals surface area contributed by atoms with Gasteiger partial charge >= 0.3 is 5.22 Å². The second kappa shape index (κ2) is 7.57. The number of carbonyl (C=O) groups is 1. The lowest BCUT2D eigenvalue weighted by atomic mass is 10.1. The molecule has 0 spiro atoms. The molecule has 8 heteroatoms. The van der Waals surface area contributed by atoms with Crippen molar-refractivity contribution < 1.29 is 17.6 Å². The van der Waals surface area contributed by atoms with Crippen LogP contribution in [0.25, 0.3) is 0 Å². The maximum absolute atomic E-state index is 12.1. The van der Waals surface area contributed by atoms with Crippen LogP contribution >= 0.6 is 0 Å². The van der Waals surface area contributed by atoms with E-state index in [9.17, 15) is 13.2 Å². The Morgan fingerprint density at radius 1 is 1.21 bits per heavy atom. The van der Waals surface area contributed by atoms with Gasteiger partial charge in [-0.3, -0.25) is 4.79 Å². The van der Waals surface area contributed by atoms with Gasteiger partial charge in [-0.25, -0.2) is 8.42 Å². The Morgan fingerprint density at radius 2 is 1.88 bits per heavy atom. The number of hydrogen-bond acceptors (Lipinski definition) is 6. The maximum atomic E-state index is 12.1. The summed E-state index contributed by atoms with van der Waals surface area (Å²) in [5.74, 6) is -0.0951. The summed E-state index contributed by atoms with van der Waals surface area (Å²) < 4.78 is 29.6. The summed E-state index contributed by atoms with van der Waals surface area (Å²) in [4.78, 5) is 11.8. The second-order valence-corrected chi connectivity index (χ2v) is 8.05. The van der Waals surface area contributed by atoms with Crippen LogP contribution in [0, 0.1) is 0 Å². The molecule has 0 saturated carbocycles. The Kier molecular flexibility index (Phi) is 5.71. The average molecular weight is 351 g/mol. The van der Waals surface area contributed by atoms with Gasteiger partial charge in [0.05, 0.1) is 5.25 Å². The molecule has 1 heterocycles. The molecular weight excluding hydrogens is 330 g/mol. The van der Waals surface area contributed by atoms with Crippen molar-refractivity contribution in [1.29, 1.82) is 0 Å². The molecule has 7 nitrogen and oxygen atoms in total. The van der Waals surface area contributed by atoms with Gasteiger partial charge in [-0.2, -0.15) is 0 Å². The molecule has 0 unspecified atom stereocenters. The van der Waals surface area contributed by atoms with E-state index in [-0.39, 0.29) is 11.8 Å². The molecule has 1 atom stereocenters. The molecule has 0 aliphatic heterocycles. The van der Waals surface area contributed by atoms with Gasteiger partial charge < -0.3 is 9.73 Å². The highest BCUT2D eigenvalue weighted by molar-refractivity contribution is 7.91. The number of amides is 1. The van der Waals surface area contributed by atoms with Crippen LogP contribution in [-0.4, -0.2) is 29.8 Å². The number of nitrogens with one attached hydrogen (secondary N) is 1. The van der Waals surface area contributed by atoms with Crippen LogP contribution in [0.5, 0.6) is 0 Å². The molecule has 0 saturated heterocycles. The van der Waals surface area contributed by atoms with Gasteiger partial charge in [0.15, 0.2) is 0 Å². The predicted octanol–water partition coefficient (Wildman–Crippen LogP) is 2.06. The first-order valence-electron chi connectivity index (χ1n) is 7.75. The van der Waals surface area contributed by atoms with E-state index in [1.165, 1.54) is 0 Å². The van der Waals surface area contributed by atoms with Gasteiger partial charge in [-0.05, 0) is 19.4 Å². The van der Waals surface area contributed by atoms with Crippen molar-refractivity contribution in [2.75, 3.05) is 0 Å². The van der Waals surface area contributed by atoms with Crippen LogP contribution in [0.4, 0.5) is 0 Å². The largest absolute Gasteiger partial charge is 0.410 e. The van der Waals surface area contributed by atoms with E-state index in [1.807, 2.05) is 30.3 Å². The monoisotopic (exact) mass is 351 g/mol. The minimum Gasteiger partial charge on any atom is -0.410 e. The first kappa shape index (κ1) is 18.1. The number of sulfone groups is 1. The number of carbonyl (C=O) groups excluding carboxylic acids is 1. The number of benzene rings is 1. The first-order chi connectivity index (χ1) is 11.3. The number of hydrogen-bond donors (Lipinski definition) is 1. The average Bonchev–Trinajstić information content (AvgIpc) is 3.05. The molecule has 2 aromatic rings. The second-order valence-electron chi connectivity index (χ2n) is 5.66. The highest BCUT2D eigenvalue weighted by Crippen LogP contribution is 2.21. The van der Waals surface area contributed by atoms with Crippen molar-refractivity contribution in [3.8, 4) is 0 Å². The minimum absolute atomic E-state index is 0.0832. The fourth-order valence-corrected chi connectivity index (χ4v) is 2.78. The fraction of sp³-hybridized carbons (Fsp3) is 0.438. The molecule has 1 N–H and O–H groups in total. The van der Waals surface area contributed by atoms with Crippen LogP contribution in [0.3, 0.4) is 0 Å². The summed E-state index contributed by atoms with van der Waals surface area (Å²) in [5, 5.41) is 9.20. The molecule has 1 aromatic carbocycles. The summed E-state index contributed by atoms with van der Waals surface area (Å²) >= 11 is 0. The van der Waals surface area contributed by atoms with Crippen LogP contribution in [-0.2, 0) is 21.1 Å². The Bertz CT molecular complexity index is 785. The van der Waals surface area contributed by atoms with Gasteiger partial charge in [0.25, 0.3) is 0 Å². The predicted molar refractivity (Wildman–Crippen MR) is 87.9 cm³/mol. The quantitative estimate of drug-likeness (QED) is 0.819. The van der Waals surface area contributed by atoms with E-state index < -0.39 is 26.4 Å². The Labute approximate surface area is 141 Å². The molecule has 1 aromatic heterocycles. The van der Waals surface area contributed by atoms with Gasteiger partial charge in [-0.1, -0.05) is 42.4 Å².